The van der Waals surface area contributed by atoms with E-state index in [9.17, 15) is 18.4 Å². The third-order valence-corrected chi connectivity index (χ3v) is 4.00. The number of aryl methyl sites for hydroxylation is 1. The molecule has 0 aliphatic carbocycles. The van der Waals surface area contributed by atoms with Gasteiger partial charge in [-0.05, 0) is 61.5 Å². The molecule has 0 aromatic heterocycles. The molecule has 0 saturated heterocycles. The van der Waals surface area contributed by atoms with Crippen molar-refractivity contribution in [2.45, 2.75) is 6.92 Å². The van der Waals surface area contributed by atoms with Gasteiger partial charge in [-0.3, -0.25) is 4.79 Å². The number of carbonyl (C=O) groups is 2. The van der Waals surface area contributed by atoms with Crippen LogP contribution >= 0.6 is 0 Å². The van der Waals surface area contributed by atoms with E-state index in [0.717, 1.165) is 17.7 Å². The van der Waals surface area contributed by atoms with Gasteiger partial charge in [0.15, 0.2) is 5.78 Å². The van der Waals surface area contributed by atoms with E-state index in [1.54, 1.807) is 37.3 Å². The monoisotopic (exact) mass is 378 g/mol. The Bertz CT molecular complexity index is 1050. The minimum Gasteiger partial charge on any atom is -0.422 e. The van der Waals surface area contributed by atoms with Crippen LogP contribution in [0.1, 0.15) is 31.8 Å². The second kappa shape index (κ2) is 8.39. The van der Waals surface area contributed by atoms with Crippen molar-refractivity contribution in [2.24, 2.45) is 0 Å². The van der Waals surface area contributed by atoms with Gasteiger partial charge in [-0.2, -0.15) is 0 Å². The quantitative estimate of drug-likeness (QED) is 0.259. The first-order valence-corrected chi connectivity index (χ1v) is 8.49. The molecule has 0 N–H and O–H groups in total. The third kappa shape index (κ3) is 4.57. The van der Waals surface area contributed by atoms with Gasteiger partial charge in [0.1, 0.15) is 17.4 Å². The zero-order valence-electron chi connectivity index (χ0n) is 15.0. The van der Waals surface area contributed by atoms with Gasteiger partial charge in [-0.25, -0.2) is 13.6 Å². The highest BCUT2D eigenvalue weighted by Crippen LogP contribution is 2.23. The summed E-state index contributed by atoms with van der Waals surface area (Å²) >= 11 is 0. The molecule has 5 heteroatoms. The first-order chi connectivity index (χ1) is 13.4. The highest BCUT2D eigenvalue weighted by atomic mass is 19.1. The fraction of sp³-hybridized carbons (Fsp3) is 0.0435. The maximum atomic E-state index is 13.7. The van der Waals surface area contributed by atoms with Crippen molar-refractivity contribution in [3.63, 3.8) is 0 Å². The van der Waals surface area contributed by atoms with E-state index in [2.05, 4.69) is 0 Å². The molecular weight excluding hydrogens is 362 g/mol. The molecule has 0 aliphatic heterocycles. The second-order valence-electron chi connectivity index (χ2n) is 6.12. The number of esters is 1. The second-order valence-corrected chi connectivity index (χ2v) is 6.12. The van der Waals surface area contributed by atoms with E-state index in [4.69, 9.17) is 4.74 Å². The molecule has 0 amide bonds. The Morgan fingerprint density at radius 1 is 0.929 bits per heavy atom. The average molecular weight is 378 g/mol. The first-order valence-electron chi connectivity index (χ1n) is 8.49. The van der Waals surface area contributed by atoms with Crippen LogP contribution in [0.15, 0.2) is 72.8 Å². The third-order valence-electron chi connectivity index (χ3n) is 4.00. The first kappa shape index (κ1) is 19.2. The lowest BCUT2D eigenvalue weighted by atomic mass is 10.0. The lowest BCUT2D eigenvalue weighted by Gasteiger charge is -2.09. The number of ether oxygens (including phenoxy) is 1. The topological polar surface area (TPSA) is 43.4 Å². The van der Waals surface area contributed by atoms with Crippen LogP contribution in [-0.4, -0.2) is 11.8 Å². The summed E-state index contributed by atoms with van der Waals surface area (Å²) in [6.07, 6.45) is 2.59. The molecule has 28 heavy (non-hydrogen) atoms. The molecular formula is C23H16F2O3. The van der Waals surface area contributed by atoms with Gasteiger partial charge in [-0.1, -0.05) is 29.8 Å². The summed E-state index contributed by atoms with van der Waals surface area (Å²) in [6, 6.07) is 15.8. The molecule has 140 valence electrons. The predicted octanol–water partition coefficient (Wildman–Crippen LogP) is 5.39. The molecule has 0 saturated carbocycles. The van der Waals surface area contributed by atoms with E-state index in [0.29, 0.717) is 0 Å². The highest BCUT2D eigenvalue weighted by molar-refractivity contribution is 6.09. The van der Waals surface area contributed by atoms with Crippen molar-refractivity contribution in [1.29, 1.82) is 0 Å². The van der Waals surface area contributed by atoms with Gasteiger partial charge in [-0.15, -0.1) is 0 Å². The van der Waals surface area contributed by atoms with Crippen molar-refractivity contribution < 1.29 is 23.1 Å². The van der Waals surface area contributed by atoms with E-state index in [1.807, 2.05) is 0 Å². The number of hydrogen-bond acceptors (Lipinski definition) is 3. The van der Waals surface area contributed by atoms with Crippen molar-refractivity contribution in [1.82, 2.24) is 0 Å². The van der Waals surface area contributed by atoms with Crippen LogP contribution in [0.3, 0.4) is 0 Å². The van der Waals surface area contributed by atoms with Gasteiger partial charge in [0.25, 0.3) is 0 Å². The molecule has 0 fully saturated rings. The van der Waals surface area contributed by atoms with Crippen LogP contribution < -0.4 is 4.74 Å². The van der Waals surface area contributed by atoms with Crippen molar-refractivity contribution in [3.8, 4) is 5.75 Å². The number of halogens is 2. The minimum atomic E-state index is -0.712. The Morgan fingerprint density at radius 2 is 1.64 bits per heavy atom. The Labute approximate surface area is 160 Å². The van der Waals surface area contributed by atoms with Gasteiger partial charge >= 0.3 is 5.97 Å². The summed E-state index contributed by atoms with van der Waals surface area (Å²) < 4.78 is 32.1. The van der Waals surface area contributed by atoms with Crippen LogP contribution in [0.25, 0.3) is 6.08 Å². The normalized spacial score (nSPS) is 10.8. The molecule has 0 aliphatic rings. The van der Waals surface area contributed by atoms with Crippen molar-refractivity contribution in [3.05, 3.63) is 107 Å². The molecule has 0 bridgehead atoms. The zero-order valence-corrected chi connectivity index (χ0v) is 15.0. The number of carbonyl (C=O) groups excluding carboxylic acids is 2. The highest BCUT2D eigenvalue weighted by Gasteiger charge is 2.15. The van der Waals surface area contributed by atoms with E-state index >= 15 is 0 Å². The Kier molecular flexibility index (Phi) is 5.75. The molecule has 3 rings (SSSR count). The molecule has 3 aromatic rings. The van der Waals surface area contributed by atoms with Gasteiger partial charge in [0.2, 0.25) is 0 Å². The Morgan fingerprint density at radius 3 is 2.36 bits per heavy atom. The summed E-state index contributed by atoms with van der Waals surface area (Å²) in [4.78, 5) is 24.9. The van der Waals surface area contributed by atoms with Crippen molar-refractivity contribution in [2.75, 3.05) is 0 Å². The van der Waals surface area contributed by atoms with Crippen LogP contribution in [0.2, 0.25) is 0 Å². The number of ketones is 1. The number of benzene rings is 3. The SMILES string of the molecule is Cc1ccc(OC(=O)c2ccc(F)cc2)c(C(=O)/C=C/c2ccccc2F)c1. The molecule has 3 nitrogen and oxygen atoms in total. The Balaban J connectivity index is 1.86. The Hall–Kier alpha value is -3.60. The predicted molar refractivity (Wildman–Crippen MR) is 102 cm³/mol. The largest absolute Gasteiger partial charge is 0.422 e. The molecule has 0 unspecified atom stereocenters. The van der Waals surface area contributed by atoms with Crippen LogP contribution in [0.4, 0.5) is 8.78 Å². The average Bonchev–Trinajstić information content (AvgIpc) is 2.69. The lowest BCUT2D eigenvalue weighted by molar-refractivity contribution is 0.0733. The fourth-order valence-corrected chi connectivity index (χ4v) is 2.54. The minimum absolute atomic E-state index is 0.0723. The van der Waals surface area contributed by atoms with Gasteiger partial charge in [0, 0.05) is 5.56 Å². The standard InChI is InChI=1S/C23H16F2O3/c1-15-6-13-22(28-23(27)17-7-10-18(24)11-8-17)19(14-15)21(26)12-9-16-4-2-3-5-20(16)25/h2-14H,1H3/b12-9+. The van der Waals surface area contributed by atoms with E-state index < -0.39 is 23.4 Å². The van der Waals surface area contributed by atoms with Gasteiger partial charge in [0.05, 0.1) is 11.1 Å². The van der Waals surface area contributed by atoms with Crippen LogP contribution in [0, 0.1) is 18.6 Å². The van der Waals surface area contributed by atoms with Crippen LogP contribution in [0.5, 0.6) is 5.75 Å². The fourth-order valence-electron chi connectivity index (χ4n) is 2.54. The van der Waals surface area contributed by atoms with E-state index in [1.165, 1.54) is 36.4 Å². The molecule has 0 spiro atoms. The van der Waals surface area contributed by atoms with E-state index in [-0.39, 0.29) is 22.4 Å². The number of hydrogen-bond donors (Lipinski definition) is 0. The maximum Gasteiger partial charge on any atom is 0.343 e. The summed E-state index contributed by atoms with van der Waals surface area (Å²) in [5, 5.41) is 0. The van der Waals surface area contributed by atoms with Gasteiger partial charge < -0.3 is 4.74 Å². The van der Waals surface area contributed by atoms with Crippen LogP contribution in [-0.2, 0) is 0 Å². The summed E-state index contributed by atoms with van der Waals surface area (Å²) in [6.45, 7) is 1.79. The number of rotatable bonds is 5. The molecule has 0 radical (unpaired) electrons. The number of allylic oxidation sites excluding steroid dienone is 1. The summed E-state index contributed by atoms with van der Waals surface area (Å²) in [5.41, 5.74) is 1.39. The molecule has 0 atom stereocenters. The maximum absolute atomic E-state index is 13.7. The smallest absolute Gasteiger partial charge is 0.343 e. The summed E-state index contributed by atoms with van der Waals surface area (Å²) in [7, 11) is 0. The molecule has 0 heterocycles. The molecule has 3 aromatic carbocycles. The zero-order chi connectivity index (χ0) is 20.1. The summed E-state index contributed by atoms with van der Waals surface area (Å²) in [5.74, 6) is -1.99. The lowest BCUT2D eigenvalue weighted by Crippen LogP contribution is -2.11. The van der Waals surface area contributed by atoms with Crippen molar-refractivity contribution >= 4 is 17.8 Å².